The van der Waals surface area contributed by atoms with Crippen molar-refractivity contribution in [2.24, 2.45) is 50.7 Å². The average molecular weight is 639 g/mol. The van der Waals surface area contributed by atoms with Crippen LogP contribution >= 0.6 is 0 Å². The minimum atomic E-state index is -0.689. The summed E-state index contributed by atoms with van der Waals surface area (Å²) in [5, 5.41) is 11.1. The number of fused-ring (bicyclic) bond motifs is 7. The van der Waals surface area contributed by atoms with Crippen molar-refractivity contribution in [1.29, 1.82) is 0 Å². The fourth-order valence-electron chi connectivity index (χ4n) is 13.8. The van der Waals surface area contributed by atoms with Crippen LogP contribution in [0.2, 0.25) is 0 Å². The predicted octanol–water partition coefficient (Wildman–Crippen LogP) is 7.75. The zero-order valence-corrected chi connectivity index (χ0v) is 30.1. The van der Waals surface area contributed by atoms with Gasteiger partial charge >= 0.3 is 0 Å². The SMILES string of the molecule is CC(C)C1=C2[C@H]3CC[C@@H]4[C@@]5(C)CC[C@H](O)C(C)(C)[C@@H]5CC[C@@]4(C)[C@]3(C)CC[C@@]2(C(=O)N2CCC[C@H]2CN2CCC(F)CC2)CC1=O. The summed E-state index contributed by atoms with van der Waals surface area (Å²) < 4.78 is 13.9. The molecular weight excluding hydrogens is 575 g/mol. The molecule has 5 aliphatic carbocycles. The monoisotopic (exact) mass is 638 g/mol. The Hall–Kier alpha value is -1.27. The normalized spacial score (nSPS) is 46.3. The van der Waals surface area contributed by atoms with Crippen molar-refractivity contribution < 1.29 is 19.1 Å². The molecule has 0 spiro atoms. The number of amides is 1. The Morgan fingerprint density at radius 1 is 0.870 bits per heavy atom. The Morgan fingerprint density at radius 3 is 2.28 bits per heavy atom. The van der Waals surface area contributed by atoms with Crippen molar-refractivity contribution in [1.82, 2.24) is 9.80 Å². The Morgan fingerprint density at radius 2 is 1.59 bits per heavy atom. The lowest BCUT2D eigenvalue weighted by atomic mass is 9.33. The van der Waals surface area contributed by atoms with Crippen molar-refractivity contribution in [3.63, 3.8) is 0 Å². The van der Waals surface area contributed by atoms with Gasteiger partial charge in [0.2, 0.25) is 5.91 Å². The molecule has 6 fully saturated rings. The van der Waals surface area contributed by atoms with Gasteiger partial charge in [0.05, 0.1) is 11.5 Å². The number of hydrogen-bond acceptors (Lipinski definition) is 4. The molecule has 0 aromatic rings. The molecule has 258 valence electrons. The van der Waals surface area contributed by atoms with Gasteiger partial charge in [0.25, 0.3) is 0 Å². The maximum Gasteiger partial charge on any atom is 0.233 e. The smallest absolute Gasteiger partial charge is 0.233 e. The molecule has 1 amide bonds. The molecule has 0 unspecified atom stereocenters. The van der Waals surface area contributed by atoms with Gasteiger partial charge in [0, 0.05) is 38.6 Å². The molecule has 2 heterocycles. The number of hydrogen-bond donors (Lipinski definition) is 1. The molecule has 0 radical (unpaired) electrons. The van der Waals surface area contributed by atoms with Crippen LogP contribution in [0.1, 0.15) is 132 Å². The number of halogens is 1. The number of rotatable bonds is 4. The predicted molar refractivity (Wildman–Crippen MR) is 181 cm³/mol. The third-order valence-electron chi connectivity index (χ3n) is 16.4. The van der Waals surface area contributed by atoms with Crippen LogP contribution in [0.15, 0.2) is 11.1 Å². The maximum atomic E-state index is 15.1. The second-order valence-electron chi connectivity index (χ2n) is 18.9. The van der Waals surface area contributed by atoms with E-state index in [0.717, 1.165) is 89.5 Å². The molecule has 0 aromatic carbocycles. The number of alkyl halides is 1. The van der Waals surface area contributed by atoms with Crippen molar-refractivity contribution in [3.8, 4) is 0 Å². The molecule has 4 saturated carbocycles. The summed E-state index contributed by atoms with van der Waals surface area (Å²) in [6, 6.07) is 0.166. The third kappa shape index (κ3) is 4.49. The van der Waals surface area contributed by atoms with Gasteiger partial charge in [-0.1, -0.05) is 48.5 Å². The molecule has 46 heavy (non-hydrogen) atoms. The summed E-state index contributed by atoms with van der Waals surface area (Å²) in [5.41, 5.74) is 1.88. The second kappa shape index (κ2) is 11.1. The number of aliphatic hydroxyl groups excluding tert-OH is 1. The molecule has 7 aliphatic rings. The van der Waals surface area contributed by atoms with Gasteiger partial charge in [-0.05, 0) is 134 Å². The van der Waals surface area contributed by atoms with E-state index in [2.05, 4.69) is 58.3 Å². The molecule has 0 bridgehead atoms. The first-order chi connectivity index (χ1) is 21.6. The zero-order valence-electron chi connectivity index (χ0n) is 30.1. The third-order valence-corrected chi connectivity index (χ3v) is 16.4. The molecule has 1 N–H and O–H groups in total. The molecule has 2 saturated heterocycles. The average Bonchev–Trinajstić information content (AvgIpc) is 3.58. The van der Waals surface area contributed by atoms with Crippen LogP contribution in [0.25, 0.3) is 0 Å². The first-order valence-electron chi connectivity index (χ1n) is 19.2. The first-order valence-corrected chi connectivity index (χ1v) is 19.2. The van der Waals surface area contributed by atoms with E-state index in [4.69, 9.17) is 0 Å². The highest BCUT2D eigenvalue weighted by molar-refractivity contribution is 6.07. The number of carbonyl (C=O) groups is 2. The van der Waals surface area contributed by atoms with E-state index in [9.17, 15) is 14.3 Å². The van der Waals surface area contributed by atoms with Crippen molar-refractivity contribution in [2.45, 2.75) is 150 Å². The minimum absolute atomic E-state index is 0.0368. The van der Waals surface area contributed by atoms with Crippen molar-refractivity contribution in [2.75, 3.05) is 26.2 Å². The molecule has 6 heteroatoms. The van der Waals surface area contributed by atoms with Gasteiger partial charge in [0.15, 0.2) is 5.78 Å². The van der Waals surface area contributed by atoms with Crippen LogP contribution in [0, 0.1) is 50.7 Å². The zero-order chi connectivity index (χ0) is 33.0. The lowest BCUT2D eigenvalue weighted by molar-refractivity contribution is -0.228. The highest BCUT2D eigenvalue weighted by Gasteiger charge is 2.71. The van der Waals surface area contributed by atoms with Gasteiger partial charge in [-0.3, -0.25) is 9.59 Å². The number of piperidine rings is 1. The first kappa shape index (κ1) is 33.2. The topological polar surface area (TPSA) is 60.9 Å². The van der Waals surface area contributed by atoms with Gasteiger partial charge in [0.1, 0.15) is 6.17 Å². The Kier molecular flexibility index (Phi) is 8.04. The Labute approximate surface area is 278 Å². The van der Waals surface area contributed by atoms with E-state index in [0.29, 0.717) is 31.1 Å². The highest BCUT2D eigenvalue weighted by atomic mass is 19.1. The molecule has 7 rings (SSSR count). The standard InChI is InChI=1S/C40H63FN2O3/c1-25(2)33-29(44)23-40(35(46)43-20-8-9-27(43)24-42-21-14-26(41)15-22-42)19-18-38(6)28(34(33)40)10-11-31-37(5)16-13-32(45)36(3,4)30(37)12-17-39(31,38)7/h25-28,30-32,45H,8-24H2,1-7H3/t27-,28+,30-,31+,32-,37-,38+,39+,40+/m0/s1. The molecular formula is C40H63FN2O3. The number of Topliss-reactive ketones (excluding diaryl/α,β-unsaturated/α-hetero) is 1. The quantitative estimate of drug-likeness (QED) is 0.342. The number of likely N-dealkylation sites (tertiary alicyclic amines) is 2. The minimum Gasteiger partial charge on any atom is -0.393 e. The van der Waals surface area contributed by atoms with Crippen LogP contribution in [0.3, 0.4) is 0 Å². The summed E-state index contributed by atoms with van der Waals surface area (Å²) >= 11 is 0. The molecule has 2 aliphatic heterocycles. The van der Waals surface area contributed by atoms with Gasteiger partial charge in [-0.15, -0.1) is 0 Å². The fraction of sp³-hybridized carbons (Fsp3) is 0.900. The summed E-state index contributed by atoms with van der Waals surface area (Å²) in [7, 11) is 0. The van der Waals surface area contributed by atoms with Gasteiger partial charge in [-0.25, -0.2) is 4.39 Å². The van der Waals surface area contributed by atoms with Gasteiger partial charge in [-0.2, -0.15) is 0 Å². The van der Waals surface area contributed by atoms with Crippen LogP contribution in [-0.2, 0) is 9.59 Å². The summed E-state index contributed by atoms with van der Waals surface area (Å²) in [5.74, 6) is 1.97. The van der Waals surface area contributed by atoms with E-state index < -0.39 is 11.6 Å². The summed E-state index contributed by atoms with van der Waals surface area (Å²) in [6.45, 7) is 19.9. The number of ketones is 1. The highest BCUT2D eigenvalue weighted by Crippen LogP contribution is 2.76. The van der Waals surface area contributed by atoms with Crippen LogP contribution in [0.5, 0.6) is 0 Å². The van der Waals surface area contributed by atoms with Crippen molar-refractivity contribution in [3.05, 3.63) is 11.1 Å². The van der Waals surface area contributed by atoms with E-state index >= 15 is 4.79 Å². The number of carbonyl (C=O) groups excluding carboxylic acids is 2. The number of allylic oxidation sites excluding steroid dienone is 1. The summed E-state index contributed by atoms with van der Waals surface area (Å²) in [6.07, 6.45) is 11.0. The molecule has 0 aromatic heterocycles. The van der Waals surface area contributed by atoms with Crippen LogP contribution < -0.4 is 0 Å². The second-order valence-corrected chi connectivity index (χ2v) is 18.9. The van der Waals surface area contributed by atoms with Crippen molar-refractivity contribution >= 4 is 11.7 Å². The van der Waals surface area contributed by atoms with E-state index in [1.54, 1.807) is 0 Å². The summed E-state index contributed by atoms with van der Waals surface area (Å²) in [4.78, 5) is 33.8. The lowest BCUT2D eigenvalue weighted by Gasteiger charge is -2.72. The van der Waals surface area contributed by atoms with E-state index in [1.165, 1.54) is 12.0 Å². The number of aliphatic hydroxyl groups is 1. The van der Waals surface area contributed by atoms with E-state index in [1.807, 2.05) is 0 Å². The molecule has 9 atom stereocenters. The lowest BCUT2D eigenvalue weighted by Crippen LogP contribution is -2.66. The van der Waals surface area contributed by atoms with E-state index in [-0.39, 0.29) is 57.3 Å². The molecule has 5 nitrogen and oxygen atoms in total. The maximum absolute atomic E-state index is 15.1. The Bertz CT molecular complexity index is 1280. The van der Waals surface area contributed by atoms with Crippen LogP contribution in [-0.4, -0.2) is 71.1 Å². The number of nitrogens with zero attached hydrogens (tertiary/aromatic N) is 2. The van der Waals surface area contributed by atoms with Crippen LogP contribution in [0.4, 0.5) is 4.39 Å². The largest absolute Gasteiger partial charge is 0.393 e. The van der Waals surface area contributed by atoms with Gasteiger partial charge < -0.3 is 14.9 Å². The Balaban J connectivity index is 1.23. The fourth-order valence-corrected chi connectivity index (χ4v) is 13.8.